The first-order valence-corrected chi connectivity index (χ1v) is 8.37. The molecule has 0 unspecified atom stereocenters. The van der Waals surface area contributed by atoms with Crippen LogP contribution < -0.4 is 16.0 Å². The van der Waals surface area contributed by atoms with Gasteiger partial charge < -0.3 is 20.7 Å². The first-order valence-electron chi connectivity index (χ1n) is 8.37. The summed E-state index contributed by atoms with van der Waals surface area (Å²) in [7, 11) is 0. The molecule has 3 N–H and O–H groups in total. The molecule has 1 aliphatic heterocycles. The smallest absolute Gasteiger partial charge is 0.188 e. The van der Waals surface area contributed by atoms with Crippen molar-refractivity contribution in [2.75, 3.05) is 37.7 Å². The largest absolute Gasteiger partial charge is 0.378 e. The minimum Gasteiger partial charge on any atom is -0.378 e. The molecule has 1 saturated carbocycles. The van der Waals surface area contributed by atoms with Gasteiger partial charge in [-0.1, -0.05) is 12.5 Å². The van der Waals surface area contributed by atoms with E-state index < -0.39 is 0 Å². The van der Waals surface area contributed by atoms with Crippen molar-refractivity contribution in [1.82, 2.24) is 5.32 Å². The Bertz CT molecular complexity index is 560. The fraction of sp³-hybridized carbons (Fsp3) is 0.588. The van der Waals surface area contributed by atoms with E-state index in [1.165, 1.54) is 19.3 Å². The first-order chi connectivity index (χ1) is 11.2. The van der Waals surface area contributed by atoms with E-state index in [9.17, 15) is 4.39 Å². The second-order valence-electron chi connectivity index (χ2n) is 6.26. The minimum atomic E-state index is -0.208. The van der Waals surface area contributed by atoms with E-state index in [-0.39, 0.29) is 29.8 Å². The molecule has 1 aromatic rings. The van der Waals surface area contributed by atoms with Gasteiger partial charge in [0, 0.05) is 19.6 Å². The van der Waals surface area contributed by atoms with Crippen LogP contribution in [0.2, 0.25) is 0 Å². The molecule has 1 heterocycles. The average Bonchev–Trinajstić information content (AvgIpc) is 2.52. The van der Waals surface area contributed by atoms with Crippen LogP contribution in [0.5, 0.6) is 0 Å². The summed E-state index contributed by atoms with van der Waals surface area (Å²) in [6.45, 7) is 4.03. The average molecular weight is 448 g/mol. The highest BCUT2D eigenvalue weighted by molar-refractivity contribution is 14.0. The summed E-state index contributed by atoms with van der Waals surface area (Å²) in [5.41, 5.74) is 7.32. The lowest BCUT2D eigenvalue weighted by Gasteiger charge is -2.29. The quantitative estimate of drug-likeness (QED) is 0.413. The van der Waals surface area contributed by atoms with Gasteiger partial charge in [0.15, 0.2) is 5.96 Å². The summed E-state index contributed by atoms with van der Waals surface area (Å²) in [5.74, 6) is 0.962. The lowest BCUT2D eigenvalue weighted by Crippen LogP contribution is -2.37. The number of nitrogens with zero attached hydrogens (tertiary/aromatic N) is 2. The summed E-state index contributed by atoms with van der Waals surface area (Å²) < 4.78 is 19.6. The molecule has 5 nitrogen and oxygen atoms in total. The molecule has 0 bridgehead atoms. The third-order valence-corrected chi connectivity index (χ3v) is 4.59. The van der Waals surface area contributed by atoms with Crippen molar-refractivity contribution >= 4 is 35.6 Å². The Balaban J connectivity index is 0.00000208. The Kier molecular flexibility index (Phi) is 7.54. The number of morpholine rings is 1. The molecule has 24 heavy (non-hydrogen) atoms. The standard InChI is InChI=1S/C17H25FN4O.HI/c18-15-10-14(4-5-16(15)22-6-8-23-9-7-22)12-21-17(19)20-11-13-2-1-3-13;/h4-5,10,13H,1-3,6-9,11-12H2,(H3,19,20,21);1H. The monoisotopic (exact) mass is 448 g/mol. The van der Waals surface area contributed by atoms with Gasteiger partial charge in [-0.3, -0.25) is 0 Å². The number of rotatable bonds is 5. The highest BCUT2D eigenvalue weighted by atomic mass is 127. The normalized spacial score (nSPS) is 18.7. The Morgan fingerprint density at radius 1 is 1.33 bits per heavy atom. The van der Waals surface area contributed by atoms with Crippen molar-refractivity contribution in [3.05, 3.63) is 29.6 Å². The molecule has 1 aliphatic carbocycles. The molecular formula is C17H26FIN4O. The molecular weight excluding hydrogens is 422 g/mol. The molecule has 134 valence electrons. The number of guanidine groups is 1. The van der Waals surface area contributed by atoms with Crippen molar-refractivity contribution in [3.8, 4) is 0 Å². The molecule has 0 atom stereocenters. The third kappa shape index (κ3) is 5.20. The fourth-order valence-electron chi connectivity index (χ4n) is 2.89. The summed E-state index contributed by atoms with van der Waals surface area (Å²) in [4.78, 5) is 6.31. The lowest BCUT2D eigenvalue weighted by atomic mass is 9.85. The number of hydrogen-bond acceptors (Lipinski definition) is 3. The van der Waals surface area contributed by atoms with Gasteiger partial charge in [0.2, 0.25) is 0 Å². The van der Waals surface area contributed by atoms with E-state index in [1.807, 2.05) is 17.0 Å². The van der Waals surface area contributed by atoms with Crippen molar-refractivity contribution in [1.29, 1.82) is 0 Å². The molecule has 1 aromatic carbocycles. The van der Waals surface area contributed by atoms with Crippen LogP contribution in [0.1, 0.15) is 24.8 Å². The van der Waals surface area contributed by atoms with Gasteiger partial charge in [-0.2, -0.15) is 0 Å². The van der Waals surface area contributed by atoms with Crippen molar-refractivity contribution < 1.29 is 9.13 Å². The number of nitrogens with one attached hydrogen (secondary N) is 1. The van der Waals surface area contributed by atoms with Crippen molar-refractivity contribution in [2.24, 2.45) is 16.6 Å². The van der Waals surface area contributed by atoms with Crippen LogP contribution >= 0.6 is 24.0 Å². The van der Waals surface area contributed by atoms with Gasteiger partial charge in [0.25, 0.3) is 0 Å². The SMILES string of the molecule is I.NC(=NCc1ccc(N2CCOCC2)c(F)c1)NCC1CCC1. The molecule has 2 aliphatic rings. The maximum absolute atomic E-state index is 14.3. The zero-order valence-corrected chi connectivity index (χ0v) is 16.2. The Hall–Kier alpha value is -1.09. The molecule has 7 heteroatoms. The Morgan fingerprint density at radius 3 is 2.71 bits per heavy atom. The van der Waals surface area contributed by atoms with Crippen molar-refractivity contribution in [3.63, 3.8) is 0 Å². The minimum absolute atomic E-state index is 0. The van der Waals surface area contributed by atoms with Crippen LogP contribution in [0.15, 0.2) is 23.2 Å². The number of nitrogens with two attached hydrogens (primary N) is 1. The predicted molar refractivity (Wildman–Crippen MR) is 106 cm³/mol. The molecule has 0 aromatic heterocycles. The van der Waals surface area contributed by atoms with E-state index >= 15 is 0 Å². The van der Waals surface area contributed by atoms with Crippen LogP contribution in [0.25, 0.3) is 0 Å². The van der Waals surface area contributed by atoms with Crippen LogP contribution in [-0.4, -0.2) is 38.8 Å². The lowest BCUT2D eigenvalue weighted by molar-refractivity contribution is 0.122. The van der Waals surface area contributed by atoms with E-state index in [0.717, 1.165) is 31.1 Å². The van der Waals surface area contributed by atoms with Crippen LogP contribution in [0.4, 0.5) is 10.1 Å². The van der Waals surface area contributed by atoms with Gasteiger partial charge in [-0.15, -0.1) is 24.0 Å². The van der Waals surface area contributed by atoms with Gasteiger partial charge in [-0.05, 0) is 36.5 Å². The van der Waals surface area contributed by atoms with Crippen molar-refractivity contribution in [2.45, 2.75) is 25.8 Å². The molecule has 0 spiro atoms. The summed E-state index contributed by atoms with van der Waals surface area (Å²) in [6, 6.07) is 5.29. The highest BCUT2D eigenvalue weighted by Crippen LogP contribution is 2.25. The van der Waals surface area contributed by atoms with E-state index in [0.29, 0.717) is 31.4 Å². The van der Waals surface area contributed by atoms with Gasteiger partial charge in [-0.25, -0.2) is 9.38 Å². The first kappa shape index (κ1) is 19.2. The number of anilines is 1. The summed E-state index contributed by atoms with van der Waals surface area (Å²) in [6.07, 6.45) is 3.86. The summed E-state index contributed by atoms with van der Waals surface area (Å²) >= 11 is 0. The Morgan fingerprint density at radius 2 is 2.08 bits per heavy atom. The molecule has 1 saturated heterocycles. The van der Waals surface area contributed by atoms with Gasteiger partial charge in [0.05, 0.1) is 25.4 Å². The number of aliphatic imine (C=N–C) groups is 1. The van der Waals surface area contributed by atoms with Crippen LogP contribution in [0, 0.1) is 11.7 Å². The topological polar surface area (TPSA) is 62.9 Å². The van der Waals surface area contributed by atoms with Gasteiger partial charge >= 0.3 is 0 Å². The van der Waals surface area contributed by atoms with Crippen LogP contribution in [-0.2, 0) is 11.3 Å². The second-order valence-corrected chi connectivity index (χ2v) is 6.26. The molecule has 0 amide bonds. The number of halogens is 2. The van der Waals surface area contributed by atoms with Crippen LogP contribution in [0.3, 0.4) is 0 Å². The summed E-state index contributed by atoms with van der Waals surface area (Å²) in [5, 5.41) is 3.14. The van der Waals surface area contributed by atoms with Gasteiger partial charge in [0.1, 0.15) is 5.82 Å². The number of hydrogen-bond donors (Lipinski definition) is 2. The second kappa shape index (κ2) is 9.41. The maximum Gasteiger partial charge on any atom is 0.188 e. The fourth-order valence-corrected chi connectivity index (χ4v) is 2.89. The zero-order valence-electron chi connectivity index (χ0n) is 13.8. The third-order valence-electron chi connectivity index (χ3n) is 4.59. The number of benzene rings is 1. The zero-order chi connectivity index (χ0) is 16.1. The highest BCUT2D eigenvalue weighted by Gasteiger charge is 2.17. The van der Waals surface area contributed by atoms with E-state index in [1.54, 1.807) is 6.07 Å². The predicted octanol–water partition coefficient (Wildman–Crippen LogP) is 2.48. The number of ether oxygens (including phenoxy) is 1. The maximum atomic E-state index is 14.3. The Labute approximate surface area is 159 Å². The van der Waals surface area contributed by atoms with E-state index in [4.69, 9.17) is 10.5 Å². The van der Waals surface area contributed by atoms with E-state index in [2.05, 4.69) is 10.3 Å². The molecule has 3 rings (SSSR count). The molecule has 2 fully saturated rings. The molecule has 0 radical (unpaired) electrons.